The van der Waals surface area contributed by atoms with Crippen LogP contribution in [0.1, 0.15) is 38.5 Å². The fourth-order valence-electron chi connectivity index (χ4n) is 2.85. The van der Waals surface area contributed by atoms with Crippen molar-refractivity contribution in [1.29, 1.82) is 0 Å². The molecular formula is C14H24N2O3. The Hall–Kier alpha value is -1.52. The Balaban J connectivity index is 2.87. The monoisotopic (exact) mass is 268 g/mol. The second-order valence-corrected chi connectivity index (χ2v) is 5.37. The van der Waals surface area contributed by atoms with E-state index in [0.717, 1.165) is 32.1 Å². The lowest BCUT2D eigenvalue weighted by Gasteiger charge is -2.44. The molecule has 1 fully saturated rings. The van der Waals surface area contributed by atoms with Crippen LogP contribution in [0, 0.1) is 0 Å². The molecule has 1 aliphatic carbocycles. The van der Waals surface area contributed by atoms with Gasteiger partial charge in [0.2, 0.25) is 0 Å². The summed E-state index contributed by atoms with van der Waals surface area (Å²) in [4.78, 5) is 26.6. The Morgan fingerprint density at radius 3 is 2.32 bits per heavy atom. The molecule has 0 aromatic rings. The summed E-state index contributed by atoms with van der Waals surface area (Å²) in [7, 11) is 3.42. The average molecular weight is 268 g/mol. The first kappa shape index (κ1) is 15.5. The first-order chi connectivity index (χ1) is 8.93. The molecule has 0 heterocycles. The van der Waals surface area contributed by atoms with Crippen molar-refractivity contribution in [3.05, 3.63) is 12.7 Å². The van der Waals surface area contributed by atoms with Crippen molar-refractivity contribution in [1.82, 2.24) is 9.80 Å². The van der Waals surface area contributed by atoms with Crippen LogP contribution in [-0.4, -0.2) is 53.1 Å². The number of hydrogen-bond donors (Lipinski definition) is 1. The second kappa shape index (κ2) is 6.59. The number of carbonyl (C=O) groups excluding carboxylic acids is 1. The summed E-state index contributed by atoms with van der Waals surface area (Å²) >= 11 is 0. The molecule has 0 atom stereocenters. The smallest absolute Gasteiger partial charge is 0.320 e. The molecule has 5 heteroatoms. The van der Waals surface area contributed by atoms with E-state index in [1.165, 1.54) is 0 Å². The third-order valence-electron chi connectivity index (χ3n) is 3.99. The summed E-state index contributed by atoms with van der Waals surface area (Å²) in [5.74, 6) is -0.840. The standard InChI is InChI=1S/C14H24N2O3/c1-4-10-15(2)13(19)16(3)14(11-12(17)18)8-6-5-7-9-14/h4H,1,5-11H2,2-3H3,(H,17,18). The molecule has 1 N–H and O–H groups in total. The molecule has 2 amide bonds. The van der Waals surface area contributed by atoms with E-state index in [0.29, 0.717) is 6.54 Å². The lowest BCUT2D eigenvalue weighted by Crippen LogP contribution is -2.55. The van der Waals surface area contributed by atoms with Gasteiger partial charge in [0, 0.05) is 20.6 Å². The van der Waals surface area contributed by atoms with Gasteiger partial charge in [-0.3, -0.25) is 4.79 Å². The molecular weight excluding hydrogens is 244 g/mol. The Bertz CT molecular complexity index is 349. The summed E-state index contributed by atoms with van der Waals surface area (Å²) < 4.78 is 0. The number of rotatable bonds is 5. The third-order valence-corrected chi connectivity index (χ3v) is 3.99. The van der Waals surface area contributed by atoms with Crippen molar-refractivity contribution in [2.75, 3.05) is 20.6 Å². The van der Waals surface area contributed by atoms with Crippen LogP contribution in [0.2, 0.25) is 0 Å². The third kappa shape index (κ3) is 3.72. The normalized spacial score (nSPS) is 17.6. The van der Waals surface area contributed by atoms with E-state index in [1.54, 1.807) is 30.0 Å². The fraction of sp³-hybridized carbons (Fsp3) is 0.714. The second-order valence-electron chi connectivity index (χ2n) is 5.37. The minimum absolute atomic E-state index is 0.0250. The van der Waals surface area contributed by atoms with Crippen LogP contribution in [0.3, 0.4) is 0 Å². The number of likely N-dealkylation sites (N-methyl/N-ethyl adjacent to an activating group) is 1. The van der Waals surface area contributed by atoms with E-state index in [1.807, 2.05) is 0 Å². The van der Waals surface area contributed by atoms with Gasteiger partial charge in [0.05, 0.1) is 12.0 Å². The lowest BCUT2D eigenvalue weighted by molar-refractivity contribution is -0.140. The average Bonchev–Trinajstić information content (AvgIpc) is 2.37. The summed E-state index contributed by atoms with van der Waals surface area (Å²) in [6, 6.07) is -0.136. The SMILES string of the molecule is C=CCN(C)C(=O)N(C)C1(CC(=O)O)CCCCC1. The molecule has 0 radical (unpaired) electrons. The summed E-state index contributed by atoms with van der Waals surface area (Å²) in [5, 5.41) is 9.14. The molecule has 0 aromatic carbocycles. The highest BCUT2D eigenvalue weighted by Crippen LogP contribution is 2.36. The van der Waals surface area contributed by atoms with E-state index in [2.05, 4.69) is 6.58 Å². The number of aliphatic carboxylic acids is 1. The molecule has 0 aliphatic heterocycles. The molecule has 5 nitrogen and oxygen atoms in total. The number of nitrogens with zero attached hydrogens (tertiary/aromatic N) is 2. The van der Waals surface area contributed by atoms with E-state index >= 15 is 0 Å². The van der Waals surface area contributed by atoms with Crippen LogP contribution in [-0.2, 0) is 4.79 Å². The topological polar surface area (TPSA) is 60.9 Å². The zero-order valence-electron chi connectivity index (χ0n) is 11.9. The lowest BCUT2D eigenvalue weighted by atomic mass is 9.78. The zero-order chi connectivity index (χ0) is 14.5. The molecule has 1 rings (SSSR count). The molecule has 19 heavy (non-hydrogen) atoms. The van der Waals surface area contributed by atoms with Gasteiger partial charge in [-0.15, -0.1) is 6.58 Å². The number of urea groups is 1. The van der Waals surface area contributed by atoms with Crippen LogP contribution in [0.25, 0.3) is 0 Å². The fourth-order valence-corrected chi connectivity index (χ4v) is 2.85. The van der Waals surface area contributed by atoms with Gasteiger partial charge in [0.25, 0.3) is 0 Å². The van der Waals surface area contributed by atoms with Gasteiger partial charge < -0.3 is 14.9 Å². The van der Waals surface area contributed by atoms with Crippen LogP contribution < -0.4 is 0 Å². The maximum absolute atomic E-state index is 12.3. The predicted molar refractivity (Wildman–Crippen MR) is 74.1 cm³/mol. The quantitative estimate of drug-likeness (QED) is 0.778. The summed E-state index contributed by atoms with van der Waals surface area (Å²) in [6.07, 6.45) is 6.30. The minimum atomic E-state index is -0.840. The van der Waals surface area contributed by atoms with Crippen molar-refractivity contribution >= 4 is 12.0 Å². The summed E-state index contributed by atoms with van der Waals surface area (Å²) in [5.41, 5.74) is -0.531. The number of amides is 2. The number of carboxylic acid groups (broad SMARTS) is 1. The number of carboxylic acids is 1. The van der Waals surface area contributed by atoms with E-state index in [-0.39, 0.29) is 12.5 Å². The molecule has 0 bridgehead atoms. The van der Waals surface area contributed by atoms with Gasteiger partial charge in [0.1, 0.15) is 0 Å². The molecule has 0 aromatic heterocycles. The number of hydrogen-bond acceptors (Lipinski definition) is 2. The van der Waals surface area contributed by atoms with Crippen LogP contribution in [0.5, 0.6) is 0 Å². The Morgan fingerprint density at radius 2 is 1.84 bits per heavy atom. The molecule has 0 saturated heterocycles. The van der Waals surface area contributed by atoms with Gasteiger partial charge in [0.15, 0.2) is 0 Å². The van der Waals surface area contributed by atoms with Crippen molar-refractivity contribution in [3.8, 4) is 0 Å². The van der Waals surface area contributed by atoms with E-state index in [4.69, 9.17) is 5.11 Å². The maximum atomic E-state index is 12.3. The highest BCUT2D eigenvalue weighted by molar-refractivity contribution is 5.77. The van der Waals surface area contributed by atoms with Crippen molar-refractivity contribution in [2.24, 2.45) is 0 Å². The molecule has 0 spiro atoms. The zero-order valence-corrected chi connectivity index (χ0v) is 11.9. The number of carbonyl (C=O) groups is 2. The van der Waals surface area contributed by atoms with Crippen molar-refractivity contribution in [2.45, 2.75) is 44.1 Å². The first-order valence-corrected chi connectivity index (χ1v) is 6.74. The molecule has 108 valence electrons. The Kier molecular flexibility index (Phi) is 5.39. The van der Waals surface area contributed by atoms with Gasteiger partial charge in [-0.1, -0.05) is 25.3 Å². The minimum Gasteiger partial charge on any atom is -0.481 e. The summed E-state index contributed by atoms with van der Waals surface area (Å²) in [6.45, 7) is 4.08. The van der Waals surface area contributed by atoms with Gasteiger partial charge >= 0.3 is 12.0 Å². The Morgan fingerprint density at radius 1 is 1.26 bits per heavy atom. The highest BCUT2D eigenvalue weighted by atomic mass is 16.4. The molecule has 0 unspecified atom stereocenters. The predicted octanol–water partition coefficient (Wildman–Crippen LogP) is 2.33. The van der Waals surface area contributed by atoms with Gasteiger partial charge in [-0.2, -0.15) is 0 Å². The maximum Gasteiger partial charge on any atom is 0.320 e. The molecule has 1 saturated carbocycles. The van der Waals surface area contributed by atoms with Crippen LogP contribution >= 0.6 is 0 Å². The van der Waals surface area contributed by atoms with Gasteiger partial charge in [-0.25, -0.2) is 4.79 Å². The van der Waals surface area contributed by atoms with Crippen LogP contribution in [0.15, 0.2) is 12.7 Å². The molecule has 1 aliphatic rings. The van der Waals surface area contributed by atoms with E-state index < -0.39 is 11.5 Å². The van der Waals surface area contributed by atoms with Crippen LogP contribution in [0.4, 0.5) is 4.79 Å². The highest BCUT2D eigenvalue weighted by Gasteiger charge is 2.41. The van der Waals surface area contributed by atoms with Crippen molar-refractivity contribution < 1.29 is 14.7 Å². The Labute approximate surface area is 114 Å². The van der Waals surface area contributed by atoms with Crippen molar-refractivity contribution in [3.63, 3.8) is 0 Å². The van der Waals surface area contributed by atoms with Gasteiger partial charge in [-0.05, 0) is 12.8 Å². The van der Waals surface area contributed by atoms with E-state index in [9.17, 15) is 9.59 Å². The first-order valence-electron chi connectivity index (χ1n) is 6.74. The largest absolute Gasteiger partial charge is 0.481 e.